The Morgan fingerprint density at radius 1 is 1.00 bits per heavy atom. The van der Waals surface area contributed by atoms with E-state index >= 15 is 0 Å². The Kier molecular flexibility index (Phi) is 5.50. The molecule has 0 aliphatic heterocycles. The van der Waals surface area contributed by atoms with Crippen molar-refractivity contribution in [3.63, 3.8) is 0 Å². The summed E-state index contributed by atoms with van der Waals surface area (Å²) in [6, 6.07) is 16.7. The maximum Gasteiger partial charge on any atom is 0.142 e. The number of aryl methyl sites for hydroxylation is 1. The summed E-state index contributed by atoms with van der Waals surface area (Å²) in [7, 11) is 3.35. The van der Waals surface area contributed by atoms with Gasteiger partial charge in [0.25, 0.3) is 0 Å². The first-order valence-corrected chi connectivity index (χ1v) is 7.25. The first-order valence-electron chi connectivity index (χ1n) is 7.25. The van der Waals surface area contributed by atoms with Gasteiger partial charge in [-0.2, -0.15) is 0 Å². The van der Waals surface area contributed by atoms with Gasteiger partial charge in [-0.05, 0) is 37.5 Å². The van der Waals surface area contributed by atoms with Crippen LogP contribution < -0.4 is 14.8 Å². The van der Waals surface area contributed by atoms with Crippen LogP contribution in [-0.4, -0.2) is 20.3 Å². The molecule has 0 aromatic heterocycles. The summed E-state index contributed by atoms with van der Waals surface area (Å²) >= 11 is 0. The van der Waals surface area contributed by atoms with Crippen LogP contribution in [0.4, 0.5) is 5.69 Å². The Bertz CT molecular complexity index is 554. The third kappa shape index (κ3) is 4.42. The van der Waals surface area contributed by atoms with Gasteiger partial charge in [-0.15, -0.1) is 0 Å². The zero-order valence-electron chi connectivity index (χ0n) is 12.9. The van der Waals surface area contributed by atoms with Crippen molar-refractivity contribution in [3.8, 4) is 11.5 Å². The number of methoxy groups -OCH3 is 2. The molecule has 0 fully saturated rings. The highest BCUT2D eigenvalue weighted by Crippen LogP contribution is 2.29. The Morgan fingerprint density at radius 3 is 2.43 bits per heavy atom. The lowest BCUT2D eigenvalue weighted by Crippen LogP contribution is -2.16. The molecule has 112 valence electrons. The number of benzene rings is 2. The SMILES string of the molecule is COc1ccc(OC)c(NC(C)CCc2ccccc2)c1. The lowest BCUT2D eigenvalue weighted by atomic mass is 10.1. The largest absolute Gasteiger partial charge is 0.497 e. The van der Waals surface area contributed by atoms with Crippen molar-refractivity contribution in [3.05, 3.63) is 54.1 Å². The standard InChI is InChI=1S/C18H23NO2/c1-14(9-10-15-7-5-4-6-8-15)19-17-13-16(20-2)11-12-18(17)21-3/h4-8,11-14,19H,9-10H2,1-3H3. The topological polar surface area (TPSA) is 30.5 Å². The average Bonchev–Trinajstić information content (AvgIpc) is 2.54. The number of ether oxygens (including phenoxy) is 2. The van der Waals surface area contributed by atoms with E-state index in [4.69, 9.17) is 9.47 Å². The van der Waals surface area contributed by atoms with Crippen LogP contribution in [-0.2, 0) is 6.42 Å². The Labute approximate surface area is 126 Å². The first-order chi connectivity index (χ1) is 10.2. The van der Waals surface area contributed by atoms with Gasteiger partial charge >= 0.3 is 0 Å². The molecular formula is C18H23NO2. The minimum Gasteiger partial charge on any atom is -0.497 e. The molecule has 0 saturated heterocycles. The van der Waals surface area contributed by atoms with E-state index in [9.17, 15) is 0 Å². The van der Waals surface area contributed by atoms with E-state index < -0.39 is 0 Å². The highest BCUT2D eigenvalue weighted by atomic mass is 16.5. The number of anilines is 1. The number of rotatable bonds is 7. The molecule has 21 heavy (non-hydrogen) atoms. The minimum absolute atomic E-state index is 0.353. The second-order valence-electron chi connectivity index (χ2n) is 5.14. The smallest absolute Gasteiger partial charge is 0.142 e. The summed E-state index contributed by atoms with van der Waals surface area (Å²) in [6.45, 7) is 2.18. The van der Waals surface area contributed by atoms with E-state index in [1.807, 2.05) is 24.3 Å². The third-order valence-electron chi connectivity index (χ3n) is 3.52. The number of nitrogens with one attached hydrogen (secondary N) is 1. The fraction of sp³-hybridized carbons (Fsp3) is 0.333. The maximum atomic E-state index is 5.39. The monoisotopic (exact) mass is 285 g/mol. The average molecular weight is 285 g/mol. The third-order valence-corrected chi connectivity index (χ3v) is 3.52. The lowest BCUT2D eigenvalue weighted by Gasteiger charge is -2.18. The normalized spacial score (nSPS) is 11.8. The van der Waals surface area contributed by atoms with Crippen LogP contribution in [0.15, 0.2) is 48.5 Å². The van der Waals surface area contributed by atoms with Gasteiger partial charge in [0, 0.05) is 12.1 Å². The number of hydrogen-bond acceptors (Lipinski definition) is 3. The van der Waals surface area contributed by atoms with E-state index in [1.165, 1.54) is 5.56 Å². The number of hydrogen-bond donors (Lipinski definition) is 1. The van der Waals surface area contributed by atoms with E-state index in [2.05, 4.69) is 36.5 Å². The van der Waals surface area contributed by atoms with Crippen molar-refractivity contribution >= 4 is 5.69 Å². The van der Waals surface area contributed by atoms with Gasteiger partial charge in [-0.3, -0.25) is 0 Å². The molecule has 0 saturated carbocycles. The first kappa shape index (κ1) is 15.2. The van der Waals surface area contributed by atoms with Gasteiger partial charge in [0.05, 0.1) is 19.9 Å². The quantitative estimate of drug-likeness (QED) is 0.829. The maximum absolute atomic E-state index is 5.39. The lowest BCUT2D eigenvalue weighted by molar-refractivity contribution is 0.404. The van der Waals surface area contributed by atoms with Gasteiger partial charge in [0.1, 0.15) is 11.5 Å². The molecule has 0 spiro atoms. The Morgan fingerprint density at radius 2 is 1.76 bits per heavy atom. The van der Waals surface area contributed by atoms with Crippen molar-refractivity contribution < 1.29 is 9.47 Å². The zero-order chi connectivity index (χ0) is 15.1. The molecule has 2 aromatic carbocycles. The van der Waals surface area contributed by atoms with Gasteiger partial charge in [0.2, 0.25) is 0 Å². The van der Waals surface area contributed by atoms with Crippen LogP contribution in [0.5, 0.6) is 11.5 Å². The molecule has 0 bridgehead atoms. The predicted octanol–water partition coefficient (Wildman–Crippen LogP) is 4.14. The highest BCUT2D eigenvalue weighted by Gasteiger charge is 2.08. The summed E-state index contributed by atoms with van der Waals surface area (Å²) < 4.78 is 10.7. The summed E-state index contributed by atoms with van der Waals surface area (Å²) in [5.41, 5.74) is 2.33. The summed E-state index contributed by atoms with van der Waals surface area (Å²) in [4.78, 5) is 0. The van der Waals surface area contributed by atoms with Crippen molar-refractivity contribution in [1.82, 2.24) is 0 Å². The van der Waals surface area contributed by atoms with Crippen molar-refractivity contribution in [2.75, 3.05) is 19.5 Å². The second kappa shape index (κ2) is 7.58. The van der Waals surface area contributed by atoms with Crippen molar-refractivity contribution in [2.45, 2.75) is 25.8 Å². The van der Waals surface area contributed by atoms with Crippen LogP contribution in [0.3, 0.4) is 0 Å². The minimum atomic E-state index is 0.353. The molecule has 1 atom stereocenters. The molecule has 1 unspecified atom stereocenters. The van der Waals surface area contributed by atoms with Gasteiger partial charge in [0.15, 0.2) is 0 Å². The Hall–Kier alpha value is -2.16. The molecule has 2 aromatic rings. The molecule has 1 N–H and O–H groups in total. The summed E-state index contributed by atoms with van der Waals surface area (Å²) in [5, 5.41) is 3.50. The fourth-order valence-corrected chi connectivity index (χ4v) is 2.29. The van der Waals surface area contributed by atoms with E-state index in [1.54, 1.807) is 14.2 Å². The van der Waals surface area contributed by atoms with Crippen LogP contribution in [0.1, 0.15) is 18.9 Å². The molecular weight excluding hydrogens is 262 g/mol. The van der Waals surface area contributed by atoms with Crippen molar-refractivity contribution in [1.29, 1.82) is 0 Å². The Balaban J connectivity index is 1.97. The summed E-state index contributed by atoms with van der Waals surface area (Å²) in [6.07, 6.45) is 2.12. The van der Waals surface area contributed by atoms with E-state index in [0.717, 1.165) is 30.0 Å². The zero-order valence-corrected chi connectivity index (χ0v) is 12.9. The van der Waals surface area contributed by atoms with Crippen LogP contribution in [0.2, 0.25) is 0 Å². The fourth-order valence-electron chi connectivity index (χ4n) is 2.29. The van der Waals surface area contributed by atoms with Crippen molar-refractivity contribution in [2.24, 2.45) is 0 Å². The molecule has 3 heteroatoms. The van der Waals surface area contributed by atoms with Gasteiger partial charge in [-0.1, -0.05) is 30.3 Å². The van der Waals surface area contributed by atoms with Crippen LogP contribution in [0.25, 0.3) is 0 Å². The van der Waals surface area contributed by atoms with Crippen LogP contribution >= 0.6 is 0 Å². The summed E-state index contributed by atoms with van der Waals surface area (Å²) in [5.74, 6) is 1.66. The van der Waals surface area contributed by atoms with Gasteiger partial charge < -0.3 is 14.8 Å². The second-order valence-corrected chi connectivity index (χ2v) is 5.14. The molecule has 0 amide bonds. The molecule has 2 rings (SSSR count). The van der Waals surface area contributed by atoms with Gasteiger partial charge in [-0.25, -0.2) is 0 Å². The van der Waals surface area contributed by atoms with Crippen LogP contribution in [0, 0.1) is 0 Å². The van der Waals surface area contributed by atoms with E-state index in [-0.39, 0.29) is 0 Å². The van der Waals surface area contributed by atoms with E-state index in [0.29, 0.717) is 6.04 Å². The molecule has 0 radical (unpaired) electrons. The molecule has 0 aliphatic carbocycles. The highest BCUT2D eigenvalue weighted by molar-refractivity contribution is 5.60. The molecule has 0 aliphatic rings. The predicted molar refractivity (Wildman–Crippen MR) is 87.4 cm³/mol. The molecule has 0 heterocycles. The molecule has 3 nitrogen and oxygen atoms in total.